The van der Waals surface area contributed by atoms with Gasteiger partial charge < -0.3 is 54.0 Å². The molecule has 62 heavy (non-hydrogen) atoms. The van der Waals surface area contributed by atoms with Gasteiger partial charge >= 0.3 is 29.4 Å². The van der Waals surface area contributed by atoms with Gasteiger partial charge in [0.15, 0.2) is 0 Å². The largest absolute Gasteiger partial charge is 0.472 e. The zero-order valence-corrected chi connectivity index (χ0v) is 39.3. The summed E-state index contributed by atoms with van der Waals surface area (Å²) in [4.78, 5) is 72.0. The molecule has 0 saturated heterocycles. The highest BCUT2D eigenvalue weighted by Crippen LogP contribution is 2.51. The van der Waals surface area contributed by atoms with Crippen molar-refractivity contribution < 1.29 is 95.4 Å². The SMILES string of the molecule is CCCCCCCCCCCCCCCC(=O)O[C@H](COCOCCCCCCCCCC(=O)CCC)COP(=O)(O)OC1C(O)[C@H](OP(=O)(O)O)C(O)[C@H](OP(=O)(O)O)[C@@H]1O. The highest BCUT2D eigenvalue weighted by molar-refractivity contribution is 7.47. The van der Waals surface area contributed by atoms with E-state index >= 15 is 0 Å². The van der Waals surface area contributed by atoms with E-state index in [-0.39, 0.29) is 19.8 Å². The van der Waals surface area contributed by atoms with Crippen LogP contribution in [-0.4, -0.2) is 121 Å². The molecule has 0 heterocycles. The quantitative estimate of drug-likeness (QED) is 0.0142. The van der Waals surface area contributed by atoms with Gasteiger partial charge in [0.25, 0.3) is 0 Å². The van der Waals surface area contributed by atoms with Crippen LogP contribution >= 0.6 is 23.5 Å². The van der Waals surface area contributed by atoms with Crippen LogP contribution in [0.15, 0.2) is 0 Å². The van der Waals surface area contributed by atoms with Crippen LogP contribution in [0, 0.1) is 0 Å². The van der Waals surface area contributed by atoms with Crippen molar-refractivity contribution in [2.75, 3.05) is 26.6 Å². The number of hydrogen-bond acceptors (Lipinski definition) is 15. The maximum atomic E-state index is 13.1. The summed E-state index contributed by atoms with van der Waals surface area (Å²) in [5.74, 6) is -0.327. The van der Waals surface area contributed by atoms with Gasteiger partial charge in [0.2, 0.25) is 0 Å². The molecule has 1 saturated carbocycles. The Hall–Kier alpha value is -0.730. The van der Waals surface area contributed by atoms with E-state index in [1.54, 1.807) is 0 Å². The molecule has 1 aliphatic carbocycles. The molecule has 8 atom stereocenters. The van der Waals surface area contributed by atoms with Crippen molar-refractivity contribution in [3.8, 4) is 0 Å². The lowest BCUT2D eigenvalue weighted by Crippen LogP contribution is -2.65. The Morgan fingerprint density at radius 1 is 0.500 bits per heavy atom. The minimum Gasteiger partial charge on any atom is -0.457 e. The van der Waals surface area contributed by atoms with Gasteiger partial charge in [-0.15, -0.1) is 0 Å². The van der Waals surface area contributed by atoms with E-state index in [4.69, 9.17) is 23.3 Å². The van der Waals surface area contributed by atoms with Gasteiger partial charge in [0, 0.05) is 25.9 Å². The van der Waals surface area contributed by atoms with Crippen molar-refractivity contribution in [3.63, 3.8) is 0 Å². The zero-order chi connectivity index (χ0) is 46.4. The Morgan fingerprint density at radius 2 is 0.919 bits per heavy atom. The Kier molecular flexibility index (Phi) is 32.2. The van der Waals surface area contributed by atoms with Crippen molar-refractivity contribution >= 4 is 35.2 Å². The van der Waals surface area contributed by atoms with Gasteiger partial charge in [-0.2, -0.15) is 0 Å². The average Bonchev–Trinajstić information content (AvgIpc) is 3.18. The highest BCUT2D eigenvalue weighted by atomic mass is 31.2. The van der Waals surface area contributed by atoms with Gasteiger partial charge in [-0.3, -0.25) is 27.7 Å². The summed E-state index contributed by atoms with van der Waals surface area (Å²) in [6, 6.07) is 0. The molecule has 0 amide bonds. The number of ether oxygens (including phenoxy) is 3. The number of aliphatic hydroxyl groups is 3. The molecule has 20 nitrogen and oxygen atoms in total. The summed E-state index contributed by atoms with van der Waals surface area (Å²) >= 11 is 0. The molecule has 0 aromatic rings. The number of phosphoric ester groups is 3. The number of phosphoric acid groups is 3. The third-order valence-corrected chi connectivity index (χ3v) is 12.3. The van der Waals surface area contributed by atoms with E-state index in [2.05, 4.69) is 16.0 Å². The fraction of sp³-hybridized carbons (Fsp3) is 0.949. The van der Waals surface area contributed by atoms with Crippen molar-refractivity contribution in [3.05, 3.63) is 0 Å². The second-order valence-electron chi connectivity index (χ2n) is 15.9. The summed E-state index contributed by atoms with van der Waals surface area (Å²) in [5, 5.41) is 31.8. The molecule has 0 bridgehead atoms. The van der Waals surface area contributed by atoms with Gasteiger partial charge in [0.1, 0.15) is 55.3 Å². The van der Waals surface area contributed by atoms with Gasteiger partial charge in [0.05, 0.1) is 13.2 Å². The number of unbranched alkanes of at least 4 members (excludes halogenated alkanes) is 18. The maximum Gasteiger partial charge on any atom is 0.472 e. The van der Waals surface area contributed by atoms with E-state index in [1.807, 2.05) is 6.92 Å². The first-order valence-electron chi connectivity index (χ1n) is 22.3. The summed E-state index contributed by atoms with van der Waals surface area (Å²) in [5.41, 5.74) is 0. The second-order valence-corrected chi connectivity index (χ2v) is 19.7. The minimum absolute atomic E-state index is 0.0414. The highest BCUT2D eigenvalue weighted by Gasteiger charge is 2.56. The van der Waals surface area contributed by atoms with Crippen molar-refractivity contribution in [1.82, 2.24) is 0 Å². The third kappa shape index (κ3) is 29.7. The van der Waals surface area contributed by atoms with E-state index in [0.717, 1.165) is 77.0 Å². The summed E-state index contributed by atoms with van der Waals surface area (Å²) in [6.45, 7) is 3.17. The summed E-state index contributed by atoms with van der Waals surface area (Å²) in [7, 11) is -16.5. The Bertz CT molecular complexity index is 1290. The van der Waals surface area contributed by atoms with Crippen molar-refractivity contribution in [2.24, 2.45) is 0 Å². The molecule has 4 unspecified atom stereocenters. The van der Waals surface area contributed by atoms with Crippen LogP contribution in [-0.2, 0) is 55.6 Å². The number of Topliss-reactive ketones (excluding diaryl/α,β-unsaturated/α-hetero) is 1. The average molecular weight is 959 g/mol. The molecule has 0 aromatic heterocycles. The number of hydrogen-bond donors (Lipinski definition) is 8. The fourth-order valence-corrected chi connectivity index (χ4v) is 9.08. The summed E-state index contributed by atoms with van der Waals surface area (Å²) < 4.78 is 71.1. The van der Waals surface area contributed by atoms with Gasteiger partial charge in [-0.25, -0.2) is 13.7 Å². The maximum absolute atomic E-state index is 13.1. The molecule has 1 rings (SSSR count). The van der Waals surface area contributed by atoms with E-state index in [0.29, 0.717) is 31.7 Å². The number of rotatable bonds is 40. The molecule has 0 spiro atoms. The van der Waals surface area contributed by atoms with Crippen LogP contribution in [0.4, 0.5) is 0 Å². The van der Waals surface area contributed by atoms with Crippen LogP contribution in [0.2, 0.25) is 0 Å². The van der Waals surface area contributed by atoms with Crippen LogP contribution in [0.1, 0.15) is 168 Å². The second kappa shape index (κ2) is 33.7. The van der Waals surface area contributed by atoms with Crippen molar-refractivity contribution in [2.45, 2.75) is 211 Å². The Balaban J connectivity index is 2.72. The summed E-state index contributed by atoms with van der Waals surface area (Å²) in [6.07, 6.45) is 7.28. The molecule has 0 radical (unpaired) electrons. The van der Waals surface area contributed by atoms with Crippen LogP contribution in [0.25, 0.3) is 0 Å². The van der Waals surface area contributed by atoms with Crippen molar-refractivity contribution in [1.29, 1.82) is 0 Å². The topological polar surface area (TPSA) is 312 Å². The van der Waals surface area contributed by atoms with Gasteiger partial charge in [-0.1, -0.05) is 123 Å². The number of carbonyl (C=O) groups is 2. The first-order valence-corrected chi connectivity index (χ1v) is 26.9. The van der Waals surface area contributed by atoms with Crippen LogP contribution in [0.5, 0.6) is 0 Å². The molecule has 1 fully saturated rings. The molecule has 368 valence electrons. The first-order chi connectivity index (χ1) is 29.3. The molecular weight excluding hydrogens is 881 g/mol. The lowest BCUT2D eigenvalue weighted by Gasteiger charge is -2.44. The van der Waals surface area contributed by atoms with E-state index in [9.17, 15) is 63.1 Å². The van der Waals surface area contributed by atoms with Gasteiger partial charge in [-0.05, 0) is 25.7 Å². The smallest absolute Gasteiger partial charge is 0.457 e. The normalized spacial score (nSPS) is 22.4. The van der Waals surface area contributed by atoms with Crippen LogP contribution in [0.3, 0.4) is 0 Å². The Morgan fingerprint density at radius 3 is 1.37 bits per heavy atom. The molecule has 23 heteroatoms. The molecular formula is C39H77O20P3. The minimum atomic E-state index is -5.53. The lowest BCUT2D eigenvalue weighted by atomic mass is 9.85. The standard InChI is InChI=1S/C39H77O20P3/c1-3-5-6-7-8-9-10-11-12-13-16-19-22-26-33(41)56-32(28-54-30-53-27-23-20-17-14-15-18-21-25-31(40)24-4-2)29-55-62(51,52)59-39-35(43)37(57-60(45,46)47)34(42)38(36(39)44)58-61(48,49)50/h32,34-39,42-44H,3-30H2,1-2H3,(H,51,52)(H2,45,46,47)(H2,48,49,50)/t32-,34?,35+,36?,37+,38-,39?/m1/s1. The molecule has 8 N–H and O–H groups in total. The predicted molar refractivity (Wildman–Crippen MR) is 226 cm³/mol. The number of esters is 1. The Labute approximate surface area is 367 Å². The number of ketones is 1. The molecule has 0 aliphatic heterocycles. The van der Waals surface area contributed by atoms with E-state index in [1.165, 1.54) is 51.4 Å². The van der Waals surface area contributed by atoms with Crippen LogP contribution < -0.4 is 0 Å². The fourth-order valence-electron chi connectivity index (χ4n) is 6.98. The lowest BCUT2D eigenvalue weighted by molar-refractivity contribution is -0.213. The monoisotopic (exact) mass is 958 g/mol. The van der Waals surface area contributed by atoms with E-state index < -0.39 is 78.8 Å². The first kappa shape index (κ1) is 59.3. The number of aliphatic hydroxyl groups excluding tert-OH is 3. The molecule has 1 aliphatic rings. The molecule has 0 aromatic carbocycles. The third-order valence-electron chi connectivity index (χ3n) is 10.2. The predicted octanol–water partition coefficient (Wildman–Crippen LogP) is 6.41. The zero-order valence-electron chi connectivity index (χ0n) is 36.7. The number of carbonyl (C=O) groups excluding carboxylic acids is 2.